The fourth-order valence-electron chi connectivity index (χ4n) is 4.79. The van der Waals surface area contributed by atoms with Crippen LogP contribution in [0.1, 0.15) is 49.5 Å². The van der Waals surface area contributed by atoms with Gasteiger partial charge < -0.3 is 24.4 Å². The average molecular weight is 558 g/mol. The van der Waals surface area contributed by atoms with E-state index >= 15 is 0 Å². The molecule has 0 bridgehead atoms. The van der Waals surface area contributed by atoms with Gasteiger partial charge in [0.15, 0.2) is 11.5 Å². The van der Waals surface area contributed by atoms with E-state index in [1.807, 2.05) is 49.7 Å². The monoisotopic (exact) mass is 557 g/mol. The predicted molar refractivity (Wildman–Crippen MR) is 156 cm³/mol. The van der Waals surface area contributed by atoms with E-state index in [0.29, 0.717) is 48.2 Å². The van der Waals surface area contributed by atoms with E-state index in [1.54, 1.807) is 48.5 Å². The predicted octanol–water partition coefficient (Wildman–Crippen LogP) is 5.90. The Morgan fingerprint density at radius 3 is 2.49 bits per heavy atom. The van der Waals surface area contributed by atoms with Gasteiger partial charge in [-0.3, -0.25) is 4.79 Å². The van der Waals surface area contributed by atoms with Crippen LogP contribution in [0, 0.1) is 0 Å². The molecule has 2 aromatic carbocycles. The first-order valence-corrected chi connectivity index (χ1v) is 13.7. The molecule has 1 aliphatic heterocycles. The number of nitrogens with zero attached hydrogens (tertiary/aromatic N) is 4. The third-order valence-electron chi connectivity index (χ3n) is 6.74. The Bertz CT molecular complexity index is 1510. The Labute approximate surface area is 239 Å². The molecule has 0 spiro atoms. The quantitative estimate of drug-likeness (QED) is 0.267. The van der Waals surface area contributed by atoms with Crippen molar-refractivity contribution in [2.45, 2.75) is 51.8 Å². The molecule has 5 rings (SSSR count). The summed E-state index contributed by atoms with van der Waals surface area (Å²) in [5.41, 5.74) is 1.70. The van der Waals surface area contributed by atoms with Gasteiger partial charge in [0.25, 0.3) is 0 Å². The highest BCUT2D eigenvalue weighted by molar-refractivity contribution is 5.93. The second kappa shape index (κ2) is 11.9. The number of hydrogen-bond donors (Lipinski definition) is 1. The molecule has 1 amide bonds. The molecule has 1 N–H and O–H groups in total. The van der Waals surface area contributed by atoms with Gasteiger partial charge in [-0.2, -0.15) is 5.10 Å². The van der Waals surface area contributed by atoms with Crippen LogP contribution in [0.4, 0.5) is 10.6 Å². The van der Waals surface area contributed by atoms with Crippen LogP contribution in [-0.2, 0) is 11.3 Å². The van der Waals surface area contributed by atoms with Crippen molar-refractivity contribution in [1.82, 2.24) is 19.7 Å². The maximum Gasteiger partial charge on any atom is 0.410 e. The zero-order valence-corrected chi connectivity index (χ0v) is 23.8. The van der Waals surface area contributed by atoms with Gasteiger partial charge in [-0.15, -0.1) is 0 Å². The van der Waals surface area contributed by atoms with E-state index in [0.717, 1.165) is 35.8 Å². The van der Waals surface area contributed by atoms with Gasteiger partial charge >= 0.3 is 6.09 Å². The van der Waals surface area contributed by atoms with Crippen molar-refractivity contribution in [3.8, 4) is 17.2 Å². The zero-order chi connectivity index (χ0) is 29.0. The lowest BCUT2D eigenvalue weighted by Gasteiger charge is -2.34. The molecular weight excluding hydrogens is 522 g/mol. The summed E-state index contributed by atoms with van der Waals surface area (Å²) in [5, 5.41) is 9.24. The van der Waals surface area contributed by atoms with Gasteiger partial charge in [0.2, 0.25) is 0 Å². The third-order valence-corrected chi connectivity index (χ3v) is 6.74. The fraction of sp³-hybridized carbons (Fsp3) is 0.355. The SMILES string of the molecule is COc1ccc(Cn2nc(N[C@@H]3CCCN(C(=O)OC(C)(C)C)C3)c3c(Oc4ccc(C=O)cc4)ccnc32)cc1. The van der Waals surface area contributed by atoms with Crippen LogP contribution in [-0.4, -0.2) is 63.9 Å². The number of hydrogen-bond acceptors (Lipinski definition) is 8. The molecule has 2 aromatic heterocycles. The number of fused-ring (bicyclic) bond motifs is 1. The van der Waals surface area contributed by atoms with Gasteiger partial charge in [-0.05, 0) is 75.6 Å². The van der Waals surface area contributed by atoms with Crippen LogP contribution in [0.5, 0.6) is 17.2 Å². The van der Waals surface area contributed by atoms with Crippen molar-refractivity contribution >= 4 is 29.2 Å². The van der Waals surface area contributed by atoms with Crippen molar-refractivity contribution in [2.75, 3.05) is 25.5 Å². The summed E-state index contributed by atoms with van der Waals surface area (Å²) in [6.45, 7) is 7.23. The largest absolute Gasteiger partial charge is 0.497 e. The lowest BCUT2D eigenvalue weighted by atomic mass is 10.1. The number of benzene rings is 2. The number of nitrogens with one attached hydrogen (secondary N) is 1. The Kier molecular flexibility index (Phi) is 8.09. The number of piperidine rings is 1. The van der Waals surface area contributed by atoms with Crippen molar-refractivity contribution < 1.29 is 23.8 Å². The van der Waals surface area contributed by atoms with E-state index in [-0.39, 0.29) is 12.1 Å². The van der Waals surface area contributed by atoms with Gasteiger partial charge in [-0.1, -0.05) is 12.1 Å². The summed E-state index contributed by atoms with van der Waals surface area (Å²) in [4.78, 5) is 30.3. The molecule has 3 heterocycles. The van der Waals surface area contributed by atoms with Gasteiger partial charge in [0, 0.05) is 37.0 Å². The number of anilines is 1. The normalized spacial score (nSPS) is 15.4. The number of carbonyl (C=O) groups excluding carboxylic acids is 2. The summed E-state index contributed by atoms with van der Waals surface area (Å²) in [6, 6.07) is 16.5. The highest BCUT2D eigenvalue weighted by atomic mass is 16.6. The number of ether oxygens (including phenoxy) is 3. The van der Waals surface area contributed by atoms with Crippen LogP contribution in [0.25, 0.3) is 11.0 Å². The highest BCUT2D eigenvalue weighted by Gasteiger charge is 2.29. The van der Waals surface area contributed by atoms with E-state index in [9.17, 15) is 9.59 Å². The van der Waals surface area contributed by atoms with Gasteiger partial charge in [0.05, 0.1) is 13.7 Å². The molecule has 41 heavy (non-hydrogen) atoms. The summed E-state index contributed by atoms with van der Waals surface area (Å²) < 4.78 is 19.0. The first kappa shape index (κ1) is 27.9. The summed E-state index contributed by atoms with van der Waals surface area (Å²) in [7, 11) is 1.64. The molecule has 1 aliphatic rings. The Morgan fingerprint density at radius 1 is 1.07 bits per heavy atom. The number of aromatic nitrogens is 3. The zero-order valence-electron chi connectivity index (χ0n) is 23.8. The second-order valence-electron chi connectivity index (χ2n) is 11.1. The van der Waals surface area contributed by atoms with Crippen LogP contribution in [0.3, 0.4) is 0 Å². The lowest BCUT2D eigenvalue weighted by molar-refractivity contribution is 0.0206. The van der Waals surface area contributed by atoms with Crippen LogP contribution < -0.4 is 14.8 Å². The van der Waals surface area contributed by atoms with Crippen LogP contribution >= 0.6 is 0 Å². The van der Waals surface area contributed by atoms with Crippen molar-refractivity contribution in [3.05, 3.63) is 71.9 Å². The smallest absolute Gasteiger partial charge is 0.410 e. The fourth-order valence-corrected chi connectivity index (χ4v) is 4.79. The molecule has 0 aliphatic carbocycles. The van der Waals surface area contributed by atoms with E-state index in [4.69, 9.17) is 19.3 Å². The van der Waals surface area contributed by atoms with Crippen molar-refractivity contribution in [2.24, 2.45) is 0 Å². The molecule has 214 valence electrons. The molecule has 0 unspecified atom stereocenters. The van der Waals surface area contributed by atoms with Crippen LogP contribution in [0.2, 0.25) is 0 Å². The van der Waals surface area contributed by atoms with E-state index in [1.165, 1.54) is 0 Å². The molecule has 0 saturated carbocycles. The molecule has 0 radical (unpaired) electrons. The second-order valence-corrected chi connectivity index (χ2v) is 11.1. The number of carbonyl (C=O) groups is 2. The maximum atomic E-state index is 12.8. The molecule has 1 saturated heterocycles. The number of amides is 1. The first-order valence-electron chi connectivity index (χ1n) is 13.7. The van der Waals surface area contributed by atoms with Crippen molar-refractivity contribution in [1.29, 1.82) is 0 Å². The Hall–Kier alpha value is -4.60. The topological polar surface area (TPSA) is 108 Å². The molecule has 4 aromatic rings. The maximum absolute atomic E-state index is 12.8. The Morgan fingerprint density at radius 2 is 1.80 bits per heavy atom. The molecule has 1 fully saturated rings. The third kappa shape index (κ3) is 6.77. The van der Waals surface area contributed by atoms with Gasteiger partial charge in [-0.25, -0.2) is 14.5 Å². The minimum absolute atomic E-state index is 0.0382. The molecular formula is C31H35N5O5. The van der Waals surface area contributed by atoms with Crippen molar-refractivity contribution in [3.63, 3.8) is 0 Å². The van der Waals surface area contributed by atoms with Gasteiger partial charge in [0.1, 0.15) is 34.5 Å². The number of pyridine rings is 1. The summed E-state index contributed by atoms with van der Waals surface area (Å²) in [5.74, 6) is 2.57. The number of likely N-dealkylation sites (tertiary alicyclic amines) is 1. The summed E-state index contributed by atoms with van der Waals surface area (Å²) in [6.07, 6.45) is 3.88. The molecule has 10 heteroatoms. The number of rotatable bonds is 8. The summed E-state index contributed by atoms with van der Waals surface area (Å²) >= 11 is 0. The highest BCUT2D eigenvalue weighted by Crippen LogP contribution is 2.35. The van der Waals surface area contributed by atoms with E-state index in [2.05, 4.69) is 10.3 Å². The van der Waals surface area contributed by atoms with Crippen LogP contribution in [0.15, 0.2) is 60.8 Å². The molecule has 1 atom stereocenters. The minimum Gasteiger partial charge on any atom is -0.497 e. The molecule has 10 nitrogen and oxygen atoms in total. The lowest BCUT2D eigenvalue weighted by Crippen LogP contribution is -2.47. The number of aldehydes is 1. The standard InChI is InChI=1S/C31H35N5O5/c1-31(2,3)41-30(38)35-17-5-6-23(19-35)33-28-27-26(40-25-13-9-22(20-37)10-14-25)15-16-32-29(27)36(34-28)18-21-7-11-24(39-4)12-8-21/h7-16,20,23H,5-6,17-19H2,1-4H3,(H,33,34)/t23-/m1/s1. The first-order chi connectivity index (χ1) is 19.7. The number of methoxy groups -OCH3 is 1. The van der Waals surface area contributed by atoms with E-state index < -0.39 is 5.60 Å². The average Bonchev–Trinajstić information content (AvgIpc) is 3.30. The minimum atomic E-state index is -0.560. The Balaban J connectivity index is 1.47.